The molecule has 1 atom stereocenters. The molecule has 128 valence electrons. The topological polar surface area (TPSA) is 57.2 Å². The lowest BCUT2D eigenvalue weighted by Crippen LogP contribution is -3.59. The molecule has 0 heterocycles. The van der Waals surface area contributed by atoms with Gasteiger partial charge in [-0.15, -0.1) is 0 Å². The fourth-order valence-corrected chi connectivity index (χ4v) is 3.70. The van der Waals surface area contributed by atoms with Gasteiger partial charge in [0.15, 0.2) is 3.93 Å². The van der Waals surface area contributed by atoms with Crippen LogP contribution in [0.25, 0.3) is 0 Å². The Kier molecular flexibility index (Phi) is 9.04. The Bertz CT molecular complexity index is 773. The van der Waals surface area contributed by atoms with Crippen molar-refractivity contribution in [3.8, 4) is 9.85 Å². The number of benzene rings is 2. The van der Waals surface area contributed by atoms with Crippen molar-refractivity contribution in [1.29, 1.82) is 0 Å². The molecule has 0 spiro atoms. The van der Waals surface area contributed by atoms with Crippen molar-refractivity contribution >= 4 is 10.1 Å². The fraction of sp³-hybridized carbons (Fsp3) is 0.263. The van der Waals surface area contributed by atoms with Gasteiger partial charge in [-0.1, -0.05) is 49.7 Å². The highest BCUT2D eigenvalue weighted by Gasteiger charge is 2.06. The van der Waals surface area contributed by atoms with Gasteiger partial charge in [-0.05, 0) is 43.5 Å². The molecule has 0 fully saturated rings. The van der Waals surface area contributed by atoms with E-state index in [1.807, 2.05) is 6.92 Å². The molecule has 24 heavy (non-hydrogen) atoms. The SMILES string of the molecule is CCC(C)C#C[I+]c1ccccc1.Cc1ccc(S(=O)(=O)[O-])cc1. The number of halogens is 1. The molecular weight excluding hydrogens is 435 g/mol. The first-order valence-corrected chi connectivity index (χ1v) is 11.1. The zero-order valence-corrected chi connectivity index (χ0v) is 17.0. The molecule has 0 aliphatic heterocycles. The van der Waals surface area contributed by atoms with E-state index in [0.29, 0.717) is 5.92 Å². The molecule has 0 aliphatic carbocycles. The predicted molar refractivity (Wildman–Crippen MR) is 91.5 cm³/mol. The Morgan fingerprint density at radius 2 is 1.67 bits per heavy atom. The lowest BCUT2D eigenvalue weighted by Gasteiger charge is -2.05. The van der Waals surface area contributed by atoms with E-state index in [0.717, 1.165) is 12.0 Å². The minimum absolute atomic E-state index is 0.0740. The molecule has 0 aliphatic rings. The van der Waals surface area contributed by atoms with Crippen LogP contribution in [0.1, 0.15) is 25.8 Å². The first-order valence-electron chi connectivity index (χ1n) is 7.55. The standard InChI is InChI=1S/C12H14I.C7H8O3S/c1-3-11(2)9-10-13-12-7-5-4-6-8-12;1-6-2-4-7(5-3-6)11(8,9)10/h4-8,11H,3H2,1-2H3;2-5H,1H3,(H,8,9,10)/q+1;/p-1. The maximum absolute atomic E-state index is 10.4. The Labute approximate surface area is 155 Å². The Morgan fingerprint density at radius 1 is 1.08 bits per heavy atom. The minimum Gasteiger partial charge on any atom is -0.744 e. The van der Waals surface area contributed by atoms with E-state index in [9.17, 15) is 13.0 Å². The second kappa shape index (κ2) is 10.5. The summed E-state index contributed by atoms with van der Waals surface area (Å²) in [4.78, 5) is -0.178. The molecular formula is C19H21IO3S. The maximum Gasteiger partial charge on any atom is 0.419 e. The van der Waals surface area contributed by atoms with Crippen molar-refractivity contribution in [2.75, 3.05) is 0 Å². The van der Waals surface area contributed by atoms with Crippen LogP contribution in [0.5, 0.6) is 0 Å². The monoisotopic (exact) mass is 456 g/mol. The lowest BCUT2D eigenvalue weighted by molar-refractivity contribution is -0.535. The van der Waals surface area contributed by atoms with Crippen molar-refractivity contribution in [1.82, 2.24) is 0 Å². The van der Waals surface area contributed by atoms with Crippen LogP contribution in [0.4, 0.5) is 0 Å². The summed E-state index contributed by atoms with van der Waals surface area (Å²) in [6.45, 7) is 6.18. The van der Waals surface area contributed by atoms with E-state index >= 15 is 0 Å². The van der Waals surface area contributed by atoms with E-state index < -0.39 is 10.1 Å². The molecule has 0 N–H and O–H groups in total. The average molecular weight is 456 g/mol. The van der Waals surface area contributed by atoms with Crippen molar-refractivity contribution in [3.05, 3.63) is 63.7 Å². The summed E-state index contributed by atoms with van der Waals surface area (Å²) in [5.74, 6) is 3.84. The van der Waals surface area contributed by atoms with Gasteiger partial charge in [-0.25, -0.2) is 8.42 Å². The van der Waals surface area contributed by atoms with Gasteiger partial charge in [-0.2, -0.15) is 0 Å². The molecule has 3 nitrogen and oxygen atoms in total. The van der Waals surface area contributed by atoms with Crippen molar-refractivity contribution in [2.45, 2.75) is 32.1 Å². The summed E-state index contributed by atoms with van der Waals surface area (Å²) < 4.78 is 35.9. The molecule has 2 aromatic carbocycles. The Balaban J connectivity index is 0.000000243. The first kappa shape index (κ1) is 20.7. The van der Waals surface area contributed by atoms with Gasteiger partial charge in [0.05, 0.1) is 4.90 Å². The van der Waals surface area contributed by atoms with Crippen LogP contribution in [-0.4, -0.2) is 13.0 Å². The third-order valence-corrected chi connectivity index (χ3v) is 5.89. The first-order chi connectivity index (χ1) is 11.3. The van der Waals surface area contributed by atoms with E-state index in [1.165, 1.54) is 15.7 Å². The Hall–Kier alpha value is -1.36. The van der Waals surface area contributed by atoms with Crippen molar-refractivity contribution < 1.29 is 34.2 Å². The fourth-order valence-electron chi connectivity index (χ4n) is 1.46. The molecule has 2 aromatic rings. The molecule has 0 amide bonds. The molecule has 2 rings (SSSR count). The van der Waals surface area contributed by atoms with Crippen molar-refractivity contribution in [2.24, 2.45) is 5.92 Å². The highest BCUT2D eigenvalue weighted by molar-refractivity contribution is 7.85. The molecule has 0 radical (unpaired) electrons. The second-order valence-corrected chi connectivity index (χ2v) is 8.91. The highest BCUT2D eigenvalue weighted by atomic mass is 127. The largest absolute Gasteiger partial charge is 0.744 e. The van der Waals surface area contributed by atoms with Gasteiger partial charge in [-0.3, -0.25) is 0 Å². The summed E-state index contributed by atoms with van der Waals surface area (Å²) in [6.07, 6.45) is 1.16. The van der Waals surface area contributed by atoms with Gasteiger partial charge >= 0.3 is 21.2 Å². The van der Waals surface area contributed by atoms with Gasteiger partial charge in [0.1, 0.15) is 10.1 Å². The zero-order chi connectivity index (χ0) is 18.0. The molecule has 0 bridgehead atoms. The number of rotatable bonds is 3. The van der Waals surface area contributed by atoms with Gasteiger partial charge in [0.2, 0.25) is 3.57 Å². The van der Waals surface area contributed by atoms with E-state index in [2.05, 4.69) is 54.0 Å². The summed E-state index contributed by atoms with van der Waals surface area (Å²) >= 11 is -0.0740. The number of hydrogen-bond donors (Lipinski definition) is 0. The van der Waals surface area contributed by atoms with Crippen LogP contribution < -0.4 is 21.2 Å². The molecule has 0 saturated carbocycles. The van der Waals surface area contributed by atoms with Crippen LogP contribution in [-0.2, 0) is 10.1 Å². The minimum atomic E-state index is -4.27. The zero-order valence-electron chi connectivity index (χ0n) is 14.0. The van der Waals surface area contributed by atoms with Crippen LogP contribution in [0.15, 0.2) is 59.5 Å². The lowest BCUT2D eigenvalue weighted by atomic mass is 10.1. The predicted octanol–water partition coefficient (Wildman–Crippen LogP) is 0.851. The maximum atomic E-state index is 10.4. The summed E-state index contributed by atoms with van der Waals surface area (Å²) in [6, 6.07) is 16.3. The Morgan fingerprint density at radius 3 is 2.17 bits per heavy atom. The molecule has 0 aromatic heterocycles. The smallest absolute Gasteiger partial charge is 0.419 e. The molecule has 5 heteroatoms. The highest BCUT2D eigenvalue weighted by Crippen LogP contribution is 2.08. The van der Waals surface area contributed by atoms with Crippen LogP contribution >= 0.6 is 0 Å². The van der Waals surface area contributed by atoms with Gasteiger partial charge < -0.3 is 4.55 Å². The summed E-state index contributed by atoms with van der Waals surface area (Å²) in [5, 5.41) is 0. The summed E-state index contributed by atoms with van der Waals surface area (Å²) in [5.41, 5.74) is 0.928. The normalized spacial score (nSPS) is 11.5. The summed E-state index contributed by atoms with van der Waals surface area (Å²) in [7, 11) is -4.27. The average Bonchev–Trinajstić information content (AvgIpc) is 2.56. The molecule has 1 unspecified atom stereocenters. The number of hydrogen-bond acceptors (Lipinski definition) is 3. The van der Waals surface area contributed by atoms with Crippen LogP contribution in [0.3, 0.4) is 0 Å². The third-order valence-electron chi connectivity index (χ3n) is 3.11. The van der Waals surface area contributed by atoms with Crippen LogP contribution in [0.2, 0.25) is 0 Å². The van der Waals surface area contributed by atoms with Gasteiger partial charge in [0.25, 0.3) is 0 Å². The van der Waals surface area contributed by atoms with Crippen molar-refractivity contribution in [3.63, 3.8) is 0 Å². The van der Waals surface area contributed by atoms with E-state index in [4.69, 9.17) is 0 Å². The third kappa shape index (κ3) is 8.48. The van der Waals surface area contributed by atoms with Crippen LogP contribution in [0, 0.1) is 26.3 Å². The van der Waals surface area contributed by atoms with Gasteiger partial charge in [0, 0.05) is 5.92 Å². The number of aryl methyl sites for hydroxylation is 1. The quantitative estimate of drug-likeness (QED) is 0.391. The van der Waals surface area contributed by atoms with E-state index in [1.54, 1.807) is 12.1 Å². The van der Waals surface area contributed by atoms with E-state index in [-0.39, 0.29) is 26.1 Å². The second-order valence-electron chi connectivity index (χ2n) is 5.21. The molecule has 0 saturated heterocycles.